The molecular formula is C58H37NO. The Kier molecular flexibility index (Phi) is 7.89. The molecule has 0 fully saturated rings. The van der Waals surface area contributed by atoms with Crippen LogP contribution in [0.25, 0.3) is 98.4 Å². The van der Waals surface area contributed by atoms with Crippen molar-refractivity contribution >= 4 is 82.1 Å². The minimum atomic E-state index is 0.889. The Hall–Kier alpha value is -7.94. The maximum absolute atomic E-state index is 6.44. The van der Waals surface area contributed by atoms with Crippen LogP contribution in [-0.2, 0) is 0 Å². The van der Waals surface area contributed by atoms with Crippen molar-refractivity contribution in [3.8, 4) is 33.4 Å². The van der Waals surface area contributed by atoms with Gasteiger partial charge in [-0.1, -0.05) is 164 Å². The summed E-state index contributed by atoms with van der Waals surface area (Å²) in [5, 5.41) is 12.0. The van der Waals surface area contributed by atoms with Crippen molar-refractivity contribution in [3.05, 3.63) is 224 Å². The highest BCUT2D eigenvalue weighted by atomic mass is 16.3. The van der Waals surface area contributed by atoms with E-state index in [2.05, 4.69) is 229 Å². The SMILES string of the molecule is c1cc(-c2ccc(N(c3ccccc3-c3ccc4oc5cc6ccccc6cc5c4c3)c3cccc4c3ccc3ccccc34)cc2)cc(-c2ccc3ccccc3c2)c1. The molecule has 12 rings (SSSR count). The molecular weight excluding hydrogens is 727 g/mol. The molecule has 0 saturated carbocycles. The summed E-state index contributed by atoms with van der Waals surface area (Å²) in [6.07, 6.45) is 0. The van der Waals surface area contributed by atoms with E-state index >= 15 is 0 Å². The van der Waals surface area contributed by atoms with Crippen molar-refractivity contribution in [2.24, 2.45) is 0 Å². The third-order valence-electron chi connectivity index (χ3n) is 12.2. The van der Waals surface area contributed by atoms with Crippen LogP contribution >= 0.6 is 0 Å². The lowest BCUT2D eigenvalue weighted by Gasteiger charge is -2.29. The second kappa shape index (κ2) is 13.9. The smallest absolute Gasteiger partial charge is 0.136 e. The molecule has 0 N–H and O–H groups in total. The number of rotatable bonds is 6. The summed E-state index contributed by atoms with van der Waals surface area (Å²) >= 11 is 0. The lowest BCUT2D eigenvalue weighted by Crippen LogP contribution is -2.11. The predicted molar refractivity (Wildman–Crippen MR) is 255 cm³/mol. The highest BCUT2D eigenvalue weighted by molar-refractivity contribution is 6.14. The zero-order valence-electron chi connectivity index (χ0n) is 32.7. The van der Waals surface area contributed by atoms with E-state index in [1.165, 1.54) is 65.3 Å². The molecule has 2 nitrogen and oxygen atoms in total. The Morgan fingerprint density at radius 3 is 1.70 bits per heavy atom. The molecule has 0 amide bonds. The van der Waals surface area contributed by atoms with Gasteiger partial charge < -0.3 is 9.32 Å². The highest BCUT2D eigenvalue weighted by Crippen LogP contribution is 2.46. The van der Waals surface area contributed by atoms with Gasteiger partial charge in [-0.15, -0.1) is 0 Å². The Morgan fingerprint density at radius 1 is 0.267 bits per heavy atom. The van der Waals surface area contributed by atoms with E-state index in [9.17, 15) is 0 Å². The van der Waals surface area contributed by atoms with Crippen LogP contribution < -0.4 is 4.90 Å². The number of benzene rings is 11. The molecule has 0 atom stereocenters. The van der Waals surface area contributed by atoms with Crippen molar-refractivity contribution in [1.82, 2.24) is 0 Å². The van der Waals surface area contributed by atoms with Crippen molar-refractivity contribution in [2.75, 3.05) is 4.90 Å². The molecule has 0 aliphatic heterocycles. The summed E-state index contributed by atoms with van der Waals surface area (Å²) in [5.74, 6) is 0. The first-order valence-corrected chi connectivity index (χ1v) is 20.6. The summed E-state index contributed by atoms with van der Waals surface area (Å²) < 4.78 is 6.44. The van der Waals surface area contributed by atoms with E-state index in [1.807, 2.05) is 0 Å². The van der Waals surface area contributed by atoms with E-state index in [0.717, 1.165) is 50.1 Å². The average Bonchev–Trinajstić information content (AvgIpc) is 3.67. The number of para-hydroxylation sites is 1. The molecule has 0 bridgehead atoms. The van der Waals surface area contributed by atoms with Crippen molar-refractivity contribution in [1.29, 1.82) is 0 Å². The van der Waals surface area contributed by atoms with Crippen molar-refractivity contribution in [2.45, 2.75) is 0 Å². The second-order valence-corrected chi connectivity index (χ2v) is 15.7. The van der Waals surface area contributed by atoms with Crippen LogP contribution in [-0.4, -0.2) is 0 Å². The molecule has 0 spiro atoms. The van der Waals surface area contributed by atoms with Gasteiger partial charge in [-0.25, -0.2) is 0 Å². The van der Waals surface area contributed by atoms with Gasteiger partial charge >= 0.3 is 0 Å². The largest absolute Gasteiger partial charge is 0.456 e. The van der Waals surface area contributed by atoms with Crippen LogP contribution in [0.15, 0.2) is 229 Å². The molecule has 12 aromatic rings. The van der Waals surface area contributed by atoms with Gasteiger partial charge in [0.2, 0.25) is 0 Å². The van der Waals surface area contributed by atoms with Crippen LogP contribution in [0.2, 0.25) is 0 Å². The standard InChI is InChI=1S/C58H37NO/c1-2-13-41-34-46(24-23-38(41)11-1)43-17-9-16-42(33-43)39-25-29-48(30-26-39)59(56-22-10-20-51-49-18-6-5-12-40(49)27-31-52(51)56)55-21-8-7-19-50(55)47-28-32-57-53(36-47)54-35-44-14-3-4-15-45(44)37-58(54)60-57/h1-37H. The number of hydrogen-bond donors (Lipinski definition) is 0. The van der Waals surface area contributed by atoms with E-state index in [1.54, 1.807) is 0 Å². The van der Waals surface area contributed by atoms with Gasteiger partial charge in [0.05, 0.1) is 11.4 Å². The van der Waals surface area contributed by atoms with E-state index in [0.29, 0.717) is 0 Å². The fraction of sp³-hybridized carbons (Fsp3) is 0. The summed E-state index contributed by atoms with van der Waals surface area (Å²) in [7, 11) is 0. The molecule has 2 heteroatoms. The normalized spacial score (nSPS) is 11.7. The van der Waals surface area contributed by atoms with Crippen LogP contribution in [0, 0.1) is 0 Å². The van der Waals surface area contributed by atoms with Gasteiger partial charge in [0.15, 0.2) is 0 Å². The van der Waals surface area contributed by atoms with Crippen molar-refractivity contribution < 1.29 is 4.42 Å². The fourth-order valence-electron chi connectivity index (χ4n) is 9.22. The molecule has 60 heavy (non-hydrogen) atoms. The maximum atomic E-state index is 6.44. The fourth-order valence-corrected chi connectivity index (χ4v) is 9.22. The first-order valence-electron chi connectivity index (χ1n) is 20.6. The maximum Gasteiger partial charge on any atom is 0.136 e. The van der Waals surface area contributed by atoms with E-state index in [4.69, 9.17) is 4.42 Å². The number of furan rings is 1. The third-order valence-corrected chi connectivity index (χ3v) is 12.2. The van der Waals surface area contributed by atoms with Gasteiger partial charge in [-0.2, -0.15) is 0 Å². The average molecular weight is 764 g/mol. The lowest BCUT2D eigenvalue weighted by molar-refractivity contribution is 0.669. The summed E-state index contributed by atoms with van der Waals surface area (Å²) in [6, 6.07) is 81.5. The van der Waals surface area contributed by atoms with Crippen LogP contribution in [0.3, 0.4) is 0 Å². The van der Waals surface area contributed by atoms with Gasteiger partial charge in [0.1, 0.15) is 11.2 Å². The molecule has 280 valence electrons. The molecule has 0 radical (unpaired) electrons. The molecule has 1 aromatic heterocycles. The minimum Gasteiger partial charge on any atom is -0.456 e. The molecule has 0 aliphatic carbocycles. The van der Waals surface area contributed by atoms with Gasteiger partial charge in [0, 0.05) is 27.4 Å². The van der Waals surface area contributed by atoms with E-state index in [-0.39, 0.29) is 0 Å². The van der Waals surface area contributed by atoms with Crippen LogP contribution in [0.1, 0.15) is 0 Å². The number of fused-ring (bicyclic) bond motifs is 8. The summed E-state index contributed by atoms with van der Waals surface area (Å²) in [4.78, 5) is 2.44. The van der Waals surface area contributed by atoms with Gasteiger partial charge in [-0.05, 0) is 126 Å². The molecule has 0 unspecified atom stereocenters. The predicted octanol–water partition coefficient (Wildman–Crippen LogP) is 16.7. The first kappa shape index (κ1) is 34.1. The zero-order chi connectivity index (χ0) is 39.6. The monoisotopic (exact) mass is 763 g/mol. The lowest BCUT2D eigenvalue weighted by atomic mass is 9.96. The Labute approximate surface area is 347 Å². The molecule has 1 heterocycles. The Balaban J connectivity index is 1.01. The van der Waals surface area contributed by atoms with Crippen LogP contribution in [0.4, 0.5) is 17.1 Å². The summed E-state index contributed by atoms with van der Waals surface area (Å²) in [5.41, 5.74) is 12.1. The Bertz CT molecular complexity index is 3610. The van der Waals surface area contributed by atoms with Crippen molar-refractivity contribution in [3.63, 3.8) is 0 Å². The third kappa shape index (κ3) is 5.73. The number of hydrogen-bond acceptors (Lipinski definition) is 2. The first-order chi connectivity index (χ1) is 29.7. The molecule has 0 saturated heterocycles. The van der Waals surface area contributed by atoms with Crippen LogP contribution in [0.5, 0.6) is 0 Å². The zero-order valence-corrected chi connectivity index (χ0v) is 32.7. The topological polar surface area (TPSA) is 16.4 Å². The molecule has 11 aromatic carbocycles. The summed E-state index contributed by atoms with van der Waals surface area (Å²) in [6.45, 7) is 0. The second-order valence-electron chi connectivity index (χ2n) is 15.7. The highest BCUT2D eigenvalue weighted by Gasteiger charge is 2.21. The Morgan fingerprint density at radius 2 is 0.850 bits per heavy atom. The number of anilines is 3. The number of nitrogens with zero attached hydrogens (tertiary/aromatic N) is 1. The van der Waals surface area contributed by atoms with E-state index < -0.39 is 0 Å². The minimum absolute atomic E-state index is 0.889. The molecule has 0 aliphatic rings. The van der Waals surface area contributed by atoms with Gasteiger partial charge in [0.25, 0.3) is 0 Å². The quantitative estimate of drug-likeness (QED) is 0.157. The van der Waals surface area contributed by atoms with Gasteiger partial charge in [-0.3, -0.25) is 0 Å².